The quantitative estimate of drug-likeness (QED) is 0.926. The molecule has 2 rings (SSSR count). The molecule has 0 spiro atoms. The summed E-state index contributed by atoms with van der Waals surface area (Å²) in [6.45, 7) is 8.08. The molecule has 1 aliphatic rings. The molecule has 0 aromatic carbocycles. The Morgan fingerprint density at radius 2 is 2.14 bits per heavy atom. The molecular formula is C16H25N3O2. The van der Waals surface area contributed by atoms with Crippen molar-refractivity contribution in [3.63, 3.8) is 0 Å². The Labute approximate surface area is 126 Å². The van der Waals surface area contributed by atoms with Gasteiger partial charge in [0, 0.05) is 38.1 Å². The average Bonchev–Trinajstić information content (AvgIpc) is 2.86. The number of hydrogen-bond donors (Lipinski definition) is 1. The van der Waals surface area contributed by atoms with Crippen LogP contribution < -0.4 is 5.32 Å². The van der Waals surface area contributed by atoms with Crippen LogP contribution in [0.3, 0.4) is 0 Å². The van der Waals surface area contributed by atoms with Crippen LogP contribution >= 0.6 is 0 Å². The van der Waals surface area contributed by atoms with Gasteiger partial charge in [0.25, 0.3) is 0 Å². The van der Waals surface area contributed by atoms with Crippen molar-refractivity contribution >= 4 is 6.09 Å². The summed E-state index contributed by atoms with van der Waals surface area (Å²) in [6.07, 6.45) is 5.46. The number of hydrogen-bond acceptors (Lipinski definition) is 4. The lowest BCUT2D eigenvalue weighted by molar-refractivity contribution is 0.0226. The van der Waals surface area contributed by atoms with Crippen LogP contribution in [0.25, 0.3) is 0 Å². The molecule has 1 aromatic heterocycles. The lowest BCUT2D eigenvalue weighted by Crippen LogP contribution is -2.44. The van der Waals surface area contributed by atoms with E-state index in [9.17, 15) is 4.79 Å². The van der Waals surface area contributed by atoms with E-state index in [-0.39, 0.29) is 12.1 Å². The molecule has 1 N–H and O–H groups in total. The van der Waals surface area contributed by atoms with E-state index in [1.54, 1.807) is 12.4 Å². The van der Waals surface area contributed by atoms with E-state index < -0.39 is 5.60 Å². The van der Waals surface area contributed by atoms with Crippen LogP contribution in [0, 0.1) is 0 Å². The van der Waals surface area contributed by atoms with Gasteiger partial charge < -0.3 is 15.0 Å². The van der Waals surface area contributed by atoms with E-state index in [1.807, 2.05) is 37.8 Å². The summed E-state index contributed by atoms with van der Waals surface area (Å²) in [7, 11) is 0. The van der Waals surface area contributed by atoms with Gasteiger partial charge in [0.1, 0.15) is 5.60 Å². The highest BCUT2D eigenvalue weighted by molar-refractivity contribution is 5.69. The number of rotatable bonds is 4. The van der Waals surface area contributed by atoms with Gasteiger partial charge in [0.05, 0.1) is 0 Å². The van der Waals surface area contributed by atoms with E-state index in [4.69, 9.17) is 4.74 Å². The third kappa shape index (κ3) is 5.01. The second-order valence-electron chi connectivity index (χ2n) is 6.46. The molecule has 1 aliphatic heterocycles. The molecule has 1 aromatic rings. The highest BCUT2D eigenvalue weighted by atomic mass is 16.6. The molecule has 0 bridgehead atoms. The highest BCUT2D eigenvalue weighted by Gasteiger charge is 2.31. The molecule has 1 atom stereocenters. The number of nitrogens with one attached hydrogen (secondary N) is 1. The normalized spacial score (nSPS) is 18.8. The molecule has 0 aliphatic carbocycles. The number of amides is 1. The Balaban J connectivity index is 1.80. The number of carbonyl (C=O) groups is 1. The second kappa shape index (κ2) is 6.89. The predicted molar refractivity (Wildman–Crippen MR) is 81.9 cm³/mol. The van der Waals surface area contributed by atoms with Crippen molar-refractivity contribution in [3.05, 3.63) is 30.1 Å². The minimum atomic E-state index is -0.436. The first-order valence-electron chi connectivity index (χ1n) is 7.55. The van der Waals surface area contributed by atoms with E-state index >= 15 is 0 Å². The molecule has 0 radical (unpaired) electrons. The Morgan fingerprint density at radius 3 is 2.81 bits per heavy atom. The van der Waals surface area contributed by atoms with Crippen molar-refractivity contribution < 1.29 is 9.53 Å². The topological polar surface area (TPSA) is 54.5 Å². The molecular weight excluding hydrogens is 266 g/mol. The van der Waals surface area contributed by atoms with Gasteiger partial charge in [-0.25, -0.2) is 4.79 Å². The van der Waals surface area contributed by atoms with Crippen LogP contribution in [0.2, 0.25) is 0 Å². The number of likely N-dealkylation sites (tertiary alicyclic amines) is 1. The van der Waals surface area contributed by atoms with Crippen molar-refractivity contribution in [3.8, 4) is 0 Å². The summed E-state index contributed by atoms with van der Waals surface area (Å²) in [5.41, 5.74) is 0.765. The first-order valence-corrected chi connectivity index (χ1v) is 7.55. The van der Waals surface area contributed by atoms with E-state index in [0.717, 1.165) is 32.5 Å². The van der Waals surface area contributed by atoms with E-state index in [0.29, 0.717) is 0 Å². The minimum Gasteiger partial charge on any atom is -0.444 e. The van der Waals surface area contributed by atoms with Gasteiger partial charge in [0.15, 0.2) is 0 Å². The number of ether oxygens (including phenoxy) is 1. The monoisotopic (exact) mass is 291 g/mol. The molecule has 1 fully saturated rings. The first-order chi connectivity index (χ1) is 9.96. The SMILES string of the molecule is CC(C)(C)OC(=O)N1CCC[C@@H]1CNCc1ccncc1. The third-order valence-electron chi connectivity index (χ3n) is 3.46. The zero-order valence-electron chi connectivity index (χ0n) is 13.1. The van der Waals surface area contributed by atoms with Crippen molar-refractivity contribution in [2.75, 3.05) is 13.1 Å². The largest absolute Gasteiger partial charge is 0.444 e. The first kappa shape index (κ1) is 15.8. The predicted octanol–water partition coefficient (Wildman–Crippen LogP) is 2.57. The molecule has 21 heavy (non-hydrogen) atoms. The Hall–Kier alpha value is -1.62. The smallest absolute Gasteiger partial charge is 0.410 e. The fraction of sp³-hybridized carbons (Fsp3) is 0.625. The van der Waals surface area contributed by atoms with Crippen molar-refractivity contribution in [1.29, 1.82) is 0 Å². The van der Waals surface area contributed by atoms with Crippen LogP contribution in [0.1, 0.15) is 39.2 Å². The van der Waals surface area contributed by atoms with Crippen LogP contribution in [-0.2, 0) is 11.3 Å². The standard InChI is InChI=1S/C16H25N3O2/c1-16(2,3)21-15(20)19-10-4-5-14(19)12-18-11-13-6-8-17-9-7-13/h6-9,14,18H,4-5,10-12H2,1-3H3/t14-/m1/s1. The number of pyridine rings is 1. The summed E-state index contributed by atoms with van der Waals surface area (Å²) in [5.74, 6) is 0. The van der Waals surface area contributed by atoms with Crippen molar-refractivity contribution in [1.82, 2.24) is 15.2 Å². The van der Waals surface area contributed by atoms with Gasteiger partial charge in [-0.2, -0.15) is 0 Å². The maximum Gasteiger partial charge on any atom is 0.410 e. The second-order valence-corrected chi connectivity index (χ2v) is 6.46. The fourth-order valence-corrected chi connectivity index (χ4v) is 2.49. The van der Waals surface area contributed by atoms with Crippen LogP contribution in [0.4, 0.5) is 4.79 Å². The molecule has 2 heterocycles. The van der Waals surface area contributed by atoms with Gasteiger partial charge in [-0.1, -0.05) is 0 Å². The summed E-state index contributed by atoms with van der Waals surface area (Å²) < 4.78 is 5.47. The van der Waals surface area contributed by atoms with Gasteiger partial charge in [-0.3, -0.25) is 4.98 Å². The maximum absolute atomic E-state index is 12.2. The van der Waals surface area contributed by atoms with Gasteiger partial charge >= 0.3 is 6.09 Å². The Kier molecular flexibility index (Phi) is 5.17. The van der Waals surface area contributed by atoms with E-state index in [1.165, 1.54) is 5.56 Å². The molecule has 1 amide bonds. The molecule has 1 saturated heterocycles. The number of aromatic nitrogens is 1. The summed E-state index contributed by atoms with van der Waals surface area (Å²) in [5, 5.41) is 3.41. The molecule has 0 saturated carbocycles. The van der Waals surface area contributed by atoms with Gasteiger partial charge in [-0.05, 0) is 51.3 Å². The molecule has 0 unspecified atom stereocenters. The van der Waals surface area contributed by atoms with E-state index in [2.05, 4.69) is 10.3 Å². The Bertz CT molecular complexity index is 456. The molecule has 5 heteroatoms. The Morgan fingerprint density at radius 1 is 1.43 bits per heavy atom. The van der Waals surface area contributed by atoms with Gasteiger partial charge in [-0.15, -0.1) is 0 Å². The van der Waals surface area contributed by atoms with Crippen LogP contribution in [0.5, 0.6) is 0 Å². The highest BCUT2D eigenvalue weighted by Crippen LogP contribution is 2.20. The zero-order chi connectivity index (χ0) is 15.3. The van der Waals surface area contributed by atoms with Crippen LogP contribution in [0.15, 0.2) is 24.5 Å². The fourth-order valence-electron chi connectivity index (χ4n) is 2.49. The van der Waals surface area contributed by atoms with Gasteiger partial charge in [0.2, 0.25) is 0 Å². The average molecular weight is 291 g/mol. The summed E-state index contributed by atoms with van der Waals surface area (Å²) >= 11 is 0. The lowest BCUT2D eigenvalue weighted by Gasteiger charge is -2.28. The summed E-state index contributed by atoms with van der Waals surface area (Å²) in [4.78, 5) is 18.0. The summed E-state index contributed by atoms with van der Waals surface area (Å²) in [6, 6.07) is 4.21. The number of nitrogens with zero attached hydrogens (tertiary/aromatic N) is 2. The van der Waals surface area contributed by atoms with Crippen molar-refractivity contribution in [2.24, 2.45) is 0 Å². The lowest BCUT2D eigenvalue weighted by atomic mass is 10.2. The zero-order valence-corrected chi connectivity index (χ0v) is 13.1. The maximum atomic E-state index is 12.2. The third-order valence-corrected chi connectivity index (χ3v) is 3.46. The minimum absolute atomic E-state index is 0.198. The van der Waals surface area contributed by atoms with Crippen LogP contribution in [-0.4, -0.2) is 40.7 Å². The molecule has 5 nitrogen and oxygen atoms in total. The number of carbonyl (C=O) groups excluding carboxylic acids is 1. The molecule has 116 valence electrons. The van der Waals surface area contributed by atoms with Crippen molar-refractivity contribution in [2.45, 2.75) is 51.8 Å².